The number of carbonyl (C=O) groups is 2. The number of hydrogen-bond acceptors (Lipinski definition) is 4. The average Bonchev–Trinajstić information content (AvgIpc) is 3.47. The Morgan fingerprint density at radius 1 is 0.722 bits per heavy atom. The van der Waals surface area contributed by atoms with Crippen molar-refractivity contribution in [1.29, 1.82) is 0 Å². The fourth-order valence-corrected chi connectivity index (χ4v) is 6.41. The zero-order valence-electron chi connectivity index (χ0n) is 18.8. The highest BCUT2D eigenvalue weighted by Gasteiger charge is 2.61. The van der Waals surface area contributed by atoms with Crippen LogP contribution >= 0.6 is 23.2 Å². The standard InChI is InChI=1S/C29H18Cl2N2O3/c30-21-11-9-15(13-22(21)31)23-12-10-16(36-23)14-32-33-28(34)26-24-17-5-1-2-6-18(17)25(27(26)29(33)35)20-8-4-3-7-19(20)24/h1-14,24-27H/b32-14-/t24?,25?,26-,27+. The van der Waals surface area contributed by atoms with E-state index in [1.165, 1.54) is 6.21 Å². The van der Waals surface area contributed by atoms with E-state index >= 15 is 0 Å². The molecule has 4 aromatic rings. The van der Waals surface area contributed by atoms with Gasteiger partial charge in [0.25, 0.3) is 11.8 Å². The van der Waals surface area contributed by atoms with E-state index in [-0.39, 0.29) is 23.7 Å². The minimum atomic E-state index is -0.465. The summed E-state index contributed by atoms with van der Waals surface area (Å²) in [5.74, 6) is -0.788. The van der Waals surface area contributed by atoms with Crippen LogP contribution in [0.5, 0.6) is 0 Å². The summed E-state index contributed by atoms with van der Waals surface area (Å²) < 4.78 is 5.87. The number of furan rings is 1. The van der Waals surface area contributed by atoms with Crippen LogP contribution in [-0.4, -0.2) is 23.0 Å². The predicted octanol–water partition coefficient (Wildman–Crippen LogP) is 6.48. The first-order valence-corrected chi connectivity index (χ1v) is 12.4. The molecule has 0 spiro atoms. The molecular weight excluding hydrogens is 495 g/mol. The van der Waals surface area contributed by atoms with Crippen LogP contribution < -0.4 is 0 Å². The van der Waals surface area contributed by atoms with E-state index in [0.29, 0.717) is 21.6 Å². The number of hydrogen-bond donors (Lipinski definition) is 0. The van der Waals surface area contributed by atoms with Gasteiger partial charge in [-0.1, -0.05) is 71.7 Å². The van der Waals surface area contributed by atoms with Crippen molar-refractivity contribution >= 4 is 41.2 Å². The Morgan fingerprint density at radius 2 is 1.28 bits per heavy atom. The largest absolute Gasteiger partial charge is 0.455 e. The molecule has 2 bridgehead atoms. The number of hydrazone groups is 1. The Bertz CT molecular complexity index is 1490. The van der Waals surface area contributed by atoms with Gasteiger partial charge in [0.15, 0.2) is 0 Å². The van der Waals surface area contributed by atoms with Crippen LogP contribution in [0.3, 0.4) is 0 Å². The van der Waals surface area contributed by atoms with Crippen LogP contribution in [0.1, 0.15) is 39.8 Å². The smallest absolute Gasteiger partial charge is 0.254 e. The highest BCUT2D eigenvalue weighted by molar-refractivity contribution is 6.42. The molecular formula is C29H18Cl2N2O3. The molecule has 36 heavy (non-hydrogen) atoms. The van der Waals surface area contributed by atoms with Gasteiger partial charge in [-0.05, 0) is 52.6 Å². The van der Waals surface area contributed by atoms with Crippen LogP contribution in [0.4, 0.5) is 0 Å². The van der Waals surface area contributed by atoms with E-state index < -0.39 is 11.8 Å². The van der Waals surface area contributed by atoms with Crippen molar-refractivity contribution in [3.63, 3.8) is 0 Å². The van der Waals surface area contributed by atoms with Gasteiger partial charge in [0.05, 0.1) is 28.1 Å². The molecule has 2 amide bonds. The Labute approximate surface area is 216 Å². The molecule has 0 radical (unpaired) electrons. The molecule has 7 heteroatoms. The van der Waals surface area contributed by atoms with Gasteiger partial charge in [-0.25, -0.2) is 0 Å². The maximum atomic E-state index is 13.6. The Kier molecular flexibility index (Phi) is 4.75. The van der Waals surface area contributed by atoms with Gasteiger partial charge in [0.2, 0.25) is 0 Å². The fraction of sp³-hybridized carbons (Fsp3) is 0.138. The van der Waals surface area contributed by atoms with Crippen LogP contribution in [0.2, 0.25) is 10.0 Å². The highest BCUT2D eigenvalue weighted by atomic mass is 35.5. The van der Waals surface area contributed by atoms with E-state index in [1.54, 1.807) is 30.3 Å². The Balaban J connectivity index is 1.23. The highest BCUT2D eigenvalue weighted by Crippen LogP contribution is 2.60. The maximum Gasteiger partial charge on any atom is 0.254 e. The summed E-state index contributed by atoms with van der Waals surface area (Å²) in [4.78, 5) is 27.2. The summed E-state index contributed by atoms with van der Waals surface area (Å²) in [5, 5.41) is 6.23. The van der Waals surface area contributed by atoms with Crippen molar-refractivity contribution < 1.29 is 14.0 Å². The van der Waals surface area contributed by atoms with E-state index in [4.69, 9.17) is 27.6 Å². The van der Waals surface area contributed by atoms with Crippen molar-refractivity contribution in [2.45, 2.75) is 11.8 Å². The van der Waals surface area contributed by atoms with Crippen molar-refractivity contribution in [3.05, 3.63) is 117 Å². The zero-order chi connectivity index (χ0) is 24.6. The molecule has 3 aliphatic carbocycles. The third kappa shape index (κ3) is 3.00. The number of amides is 2. The molecule has 1 fully saturated rings. The van der Waals surface area contributed by atoms with Crippen LogP contribution in [0, 0.1) is 11.8 Å². The van der Waals surface area contributed by atoms with Crippen LogP contribution in [0.25, 0.3) is 11.3 Å². The summed E-state index contributed by atoms with van der Waals surface area (Å²) in [7, 11) is 0. The van der Waals surface area contributed by atoms with E-state index in [2.05, 4.69) is 29.4 Å². The average molecular weight is 513 g/mol. The lowest BCUT2D eigenvalue weighted by molar-refractivity contribution is -0.139. The number of imide groups is 1. The summed E-state index contributed by atoms with van der Waals surface area (Å²) in [6, 6.07) is 25.0. The normalized spacial score (nSPS) is 23.8. The van der Waals surface area contributed by atoms with Gasteiger partial charge >= 0.3 is 0 Å². The first-order chi connectivity index (χ1) is 17.5. The quantitative estimate of drug-likeness (QED) is 0.233. The zero-order valence-corrected chi connectivity index (χ0v) is 20.3. The molecule has 5 nitrogen and oxygen atoms in total. The first-order valence-electron chi connectivity index (χ1n) is 11.7. The monoisotopic (exact) mass is 512 g/mol. The molecule has 1 saturated heterocycles. The minimum Gasteiger partial charge on any atom is -0.455 e. The van der Waals surface area contributed by atoms with Gasteiger partial charge in [-0.2, -0.15) is 10.1 Å². The number of carbonyl (C=O) groups excluding carboxylic acids is 2. The Hall–Kier alpha value is -3.67. The number of benzene rings is 3. The van der Waals surface area contributed by atoms with E-state index in [1.807, 2.05) is 24.3 Å². The summed E-state index contributed by atoms with van der Waals surface area (Å²) >= 11 is 12.1. The van der Waals surface area contributed by atoms with Crippen molar-refractivity contribution in [1.82, 2.24) is 5.01 Å². The van der Waals surface area contributed by atoms with Crippen LogP contribution in [-0.2, 0) is 9.59 Å². The van der Waals surface area contributed by atoms with Gasteiger partial charge in [0, 0.05) is 17.4 Å². The third-order valence-electron chi connectivity index (χ3n) is 7.56. The lowest BCUT2D eigenvalue weighted by atomic mass is 9.55. The number of nitrogens with zero attached hydrogens (tertiary/aromatic N) is 2. The first kappa shape index (κ1) is 21.6. The third-order valence-corrected chi connectivity index (χ3v) is 8.30. The molecule has 2 heterocycles. The molecule has 4 aliphatic rings. The van der Waals surface area contributed by atoms with E-state index in [0.717, 1.165) is 32.8 Å². The van der Waals surface area contributed by atoms with Crippen LogP contribution in [0.15, 0.2) is 88.4 Å². The Morgan fingerprint density at radius 3 is 1.81 bits per heavy atom. The molecule has 1 aromatic heterocycles. The fourth-order valence-electron chi connectivity index (χ4n) is 6.12. The SMILES string of the molecule is O=C1[C@@H]2C3c4ccccc4C(c4ccccc43)[C@@H]2C(=O)N1/N=C\c1ccc(-c2ccc(Cl)c(Cl)c2)o1. The van der Waals surface area contributed by atoms with Crippen molar-refractivity contribution in [2.75, 3.05) is 0 Å². The van der Waals surface area contributed by atoms with E-state index in [9.17, 15) is 9.59 Å². The minimum absolute atomic E-state index is 0.158. The lowest BCUT2D eigenvalue weighted by Gasteiger charge is -2.45. The predicted molar refractivity (Wildman–Crippen MR) is 137 cm³/mol. The maximum absolute atomic E-state index is 13.6. The van der Waals surface area contributed by atoms with Gasteiger partial charge in [-0.15, -0.1) is 0 Å². The molecule has 176 valence electrons. The lowest BCUT2D eigenvalue weighted by Crippen LogP contribution is -2.41. The molecule has 1 aliphatic heterocycles. The van der Waals surface area contributed by atoms with Crippen molar-refractivity contribution in [2.24, 2.45) is 16.9 Å². The molecule has 8 rings (SSSR count). The van der Waals surface area contributed by atoms with Gasteiger partial charge in [-0.3, -0.25) is 9.59 Å². The number of halogens is 2. The summed E-state index contributed by atoms with van der Waals surface area (Å²) in [5.41, 5.74) is 5.28. The number of rotatable bonds is 3. The molecule has 2 atom stereocenters. The molecule has 3 aromatic carbocycles. The van der Waals surface area contributed by atoms with Gasteiger partial charge < -0.3 is 4.42 Å². The second-order valence-corrected chi connectivity index (χ2v) is 10.1. The second-order valence-electron chi connectivity index (χ2n) is 9.33. The summed E-state index contributed by atoms with van der Waals surface area (Å²) in [6.45, 7) is 0. The van der Waals surface area contributed by atoms with Gasteiger partial charge in [0.1, 0.15) is 11.5 Å². The van der Waals surface area contributed by atoms with Crippen molar-refractivity contribution in [3.8, 4) is 11.3 Å². The topological polar surface area (TPSA) is 62.9 Å². The molecule has 0 unspecified atom stereocenters. The summed E-state index contributed by atoms with van der Waals surface area (Å²) in [6.07, 6.45) is 1.41. The molecule has 0 N–H and O–H groups in total. The second kappa shape index (κ2) is 7.92. The molecule has 0 saturated carbocycles.